The van der Waals surface area contributed by atoms with Gasteiger partial charge in [-0.1, -0.05) is 0 Å². The molecule has 0 aliphatic carbocycles. The van der Waals surface area contributed by atoms with Gasteiger partial charge in [-0.2, -0.15) is 0 Å². The molecular weight excluding hydrogens is 206 g/mol. The van der Waals surface area contributed by atoms with Gasteiger partial charge in [0.15, 0.2) is 0 Å². The van der Waals surface area contributed by atoms with Crippen LogP contribution in [0, 0.1) is 5.92 Å². The summed E-state index contributed by atoms with van der Waals surface area (Å²) in [6.45, 7) is 3.55. The van der Waals surface area contributed by atoms with E-state index in [4.69, 9.17) is 16.6 Å². The van der Waals surface area contributed by atoms with Crippen LogP contribution in [0.1, 0.15) is 32.6 Å². The first-order valence-electron chi connectivity index (χ1n) is 5.98. The molecule has 1 saturated heterocycles. The van der Waals surface area contributed by atoms with Crippen LogP contribution in [0.15, 0.2) is 0 Å². The van der Waals surface area contributed by atoms with Crippen LogP contribution in [-0.2, 0) is 4.79 Å². The van der Waals surface area contributed by atoms with Gasteiger partial charge < -0.3 is 16.6 Å². The summed E-state index contributed by atoms with van der Waals surface area (Å²) < 4.78 is 0. The lowest BCUT2D eigenvalue weighted by molar-refractivity contribution is -0.143. The maximum atomic E-state index is 10.8. The molecule has 16 heavy (non-hydrogen) atoms. The van der Waals surface area contributed by atoms with Gasteiger partial charge in [-0.3, -0.25) is 9.69 Å². The predicted octanol–water partition coefficient (Wildman–Crippen LogP) is 0.195. The van der Waals surface area contributed by atoms with Crippen LogP contribution in [0.3, 0.4) is 0 Å². The number of carbonyl (C=O) groups is 1. The third kappa shape index (κ3) is 4.08. The first-order valence-corrected chi connectivity index (χ1v) is 5.98. The van der Waals surface area contributed by atoms with Crippen LogP contribution in [0.25, 0.3) is 0 Å². The van der Waals surface area contributed by atoms with Crippen LogP contribution >= 0.6 is 0 Å². The van der Waals surface area contributed by atoms with E-state index in [2.05, 4.69) is 4.90 Å². The molecular formula is C11H23N3O2. The summed E-state index contributed by atoms with van der Waals surface area (Å²) in [4.78, 5) is 12.9. The Balaban J connectivity index is 2.27. The minimum Gasteiger partial charge on any atom is -0.481 e. The molecule has 5 nitrogen and oxygen atoms in total. The van der Waals surface area contributed by atoms with E-state index in [1.165, 1.54) is 0 Å². The van der Waals surface area contributed by atoms with Crippen molar-refractivity contribution in [1.82, 2.24) is 4.90 Å². The molecule has 0 aromatic heterocycles. The molecule has 5 N–H and O–H groups in total. The number of carboxylic acid groups (broad SMARTS) is 1. The van der Waals surface area contributed by atoms with E-state index in [-0.39, 0.29) is 18.1 Å². The quantitative estimate of drug-likeness (QED) is 0.626. The van der Waals surface area contributed by atoms with E-state index in [0.717, 1.165) is 25.9 Å². The van der Waals surface area contributed by atoms with Crippen LogP contribution < -0.4 is 11.5 Å². The third-order valence-electron chi connectivity index (χ3n) is 3.27. The van der Waals surface area contributed by atoms with Crippen molar-refractivity contribution in [3.05, 3.63) is 0 Å². The second kappa shape index (κ2) is 6.18. The van der Waals surface area contributed by atoms with E-state index in [1.54, 1.807) is 0 Å². The highest BCUT2D eigenvalue weighted by Gasteiger charge is 2.26. The fourth-order valence-corrected chi connectivity index (χ4v) is 2.09. The highest BCUT2D eigenvalue weighted by atomic mass is 16.4. The van der Waals surface area contributed by atoms with E-state index >= 15 is 0 Å². The summed E-state index contributed by atoms with van der Waals surface area (Å²) in [5, 5.41) is 8.87. The molecule has 5 heteroatoms. The number of carboxylic acids is 1. The number of aliphatic carboxylic acids is 1. The Bertz CT molecular complexity index is 225. The maximum absolute atomic E-state index is 10.8. The van der Waals surface area contributed by atoms with Crippen molar-refractivity contribution >= 4 is 5.97 Å². The Labute approximate surface area is 96.8 Å². The second-order valence-corrected chi connectivity index (χ2v) is 4.77. The minimum atomic E-state index is -0.677. The summed E-state index contributed by atoms with van der Waals surface area (Å²) in [7, 11) is 0. The number of nitrogens with two attached hydrogens (primary N) is 2. The summed E-state index contributed by atoms with van der Waals surface area (Å²) in [5.41, 5.74) is 11.7. The normalized spacial score (nSPS) is 22.9. The highest BCUT2D eigenvalue weighted by Crippen LogP contribution is 2.19. The van der Waals surface area contributed by atoms with Gasteiger partial charge >= 0.3 is 5.97 Å². The van der Waals surface area contributed by atoms with E-state index in [0.29, 0.717) is 12.8 Å². The summed E-state index contributed by atoms with van der Waals surface area (Å²) >= 11 is 0. The van der Waals surface area contributed by atoms with Crippen molar-refractivity contribution in [2.24, 2.45) is 17.4 Å². The molecule has 1 aliphatic heterocycles. The SMILES string of the molecule is CC(N)CCC(N)N1CCC(C(=O)O)CC1. The molecule has 0 amide bonds. The summed E-state index contributed by atoms with van der Waals surface area (Å²) in [6.07, 6.45) is 3.25. The molecule has 1 heterocycles. The molecule has 1 rings (SSSR count). The largest absolute Gasteiger partial charge is 0.481 e. The molecule has 1 fully saturated rings. The van der Waals surface area contributed by atoms with Crippen LogP contribution in [-0.4, -0.2) is 41.3 Å². The second-order valence-electron chi connectivity index (χ2n) is 4.77. The van der Waals surface area contributed by atoms with E-state index in [9.17, 15) is 4.79 Å². The number of rotatable bonds is 5. The fourth-order valence-electron chi connectivity index (χ4n) is 2.09. The topological polar surface area (TPSA) is 92.6 Å². The Morgan fingerprint density at radius 3 is 2.38 bits per heavy atom. The Hall–Kier alpha value is -0.650. The molecule has 2 unspecified atom stereocenters. The predicted molar refractivity (Wildman–Crippen MR) is 62.8 cm³/mol. The third-order valence-corrected chi connectivity index (χ3v) is 3.27. The van der Waals surface area contributed by atoms with Gasteiger partial charge in [-0.05, 0) is 32.6 Å². The van der Waals surface area contributed by atoms with E-state index < -0.39 is 5.97 Å². The van der Waals surface area contributed by atoms with Gasteiger partial charge in [0, 0.05) is 19.1 Å². The molecule has 0 aromatic rings. The number of hydrogen-bond acceptors (Lipinski definition) is 4. The van der Waals surface area contributed by atoms with Crippen LogP contribution in [0.5, 0.6) is 0 Å². The molecule has 0 bridgehead atoms. The van der Waals surface area contributed by atoms with Gasteiger partial charge in [0.25, 0.3) is 0 Å². The van der Waals surface area contributed by atoms with Gasteiger partial charge in [-0.15, -0.1) is 0 Å². The summed E-state index contributed by atoms with van der Waals surface area (Å²) in [5.74, 6) is -0.860. The van der Waals surface area contributed by atoms with Crippen molar-refractivity contribution in [2.75, 3.05) is 13.1 Å². The lowest BCUT2D eigenvalue weighted by Crippen LogP contribution is -2.47. The fraction of sp³-hybridized carbons (Fsp3) is 0.909. The lowest BCUT2D eigenvalue weighted by atomic mass is 9.96. The van der Waals surface area contributed by atoms with Crippen molar-refractivity contribution in [1.29, 1.82) is 0 Å². The monoisotopic (exact) mass is 229 g/mol. The van der Waals surface area contributed by atoms with Gasteiger partial charge in [0.1, 0.15) is 0 Å². The first-order chi connectivity index (χ1) is 7.50. The van der Waals surface area contributed by atoms with Gasteiger partial charge in [0.2, 0.25) is 0 Å². The lowest BCUT2D eigenvalue weighted by Gasteiger charge is -2.34. The van der Waals surface area contributed by atoms with E-state index in [1.807, 2.05) is 6.92 Å². The zero-order valence-electron chi connectivity index (χ0n) is 9.93. The number of piperidine rings is 1. The van der Waals surface area contributed by atoms with Crippen LogP contribution in [0.4, 0.5) is 0 Å². The average molecular weight is 229 g/mol. The van der Waals surface area contributed by atoms with Crippen LogP contribution in [0.2, 0.25) is 0 Å². The molecule has 0 saturated carbocycles. The molecule has 1 aliphatic rings. The number of nitrogens with zero attached hydrogens (tertiary/aromatic N) is 1. The average Bonchev–Trinajstić information content (AvgIpc) is 2.26. The highest BCUT2D eigenvalue weighted by molar-refractivity contribution is 5.70. The van der Waals surface area contributed by atoms with Crippen molar-refractivity contribution < 1.29 is 9.90 Å². The Morgan fingerprint density at radius 1 is 1.38 bits per heavy atom. The minimum absolute atomic E-state index is 0.0285. The zero-order valence-corrected chi connectivity index (χ0v) is 9.93. The van der Waals surface area contributed by atoms with Crippen molar-refractivity contribution in [3.63, 3.8) is 0 Å². The molecule has 0 aromatic carbocycles. The molecule has 2 atom stereocenters. The zero-order chi connectivity index (χ0) is 12.1. The van der Waals surface area contributed by atoms with Gasteiger partial charge in [-0.25, -0.2) is 0 Å². The standard InChI is InChI=1S/C11H23N3O2/c1-8(12)2-3-10(13)14-6-4-9(5-7-14)11(15)16/h8-10H,2-7,12-13H2,1H3,(H,15,16). The Morgan fingerprint density at radius 2 is 1.94 bits per heavy atom. The Kier molecular flexibility index (Phi) is 5.18. The van der Waals surface area contributed by atoms with Crippen molar-refractivity contribution in [2.45, 2.75) is 44.8 Å². The van der Waals surface area contributed by atoms with Crippen molar-refractivity contribution in [3.8, 4) is 0 Å². The summed E-state index contributed by atoms with van der Waals surface area (Å²) in [6, 6.07) is 0.183. The maximum Gasteiger partial charge on any atom is 0.306 e. The number of hydrogen-bond donors (Lipinski definition) is 3. The molecule has 94 valence electrons. The smallest absolute Gasteiger partial charge is 0.306 e. The first kappa shape index (κ1) is 13.4. The molecule has 0 spiro atoms. The molecule has 0 radical (unpaired) electrons. The number of likely N-dealkylation sites (tertiary alicyclic amines) is 1. The van der Waals surface area contributed by atoms with Gasteiger partial charge in [0.05, 0.1) is 12.1 Å².